The van der Waals surface area contributed by atoms with E-state index in [9.17, 15) is 0 Å². The molecule has 0 unspecified atom stereocenters. The lowest BCUT2D eigenvalue weighted by molar-refractivity contribution is 0.381. The number of hydrogen-bond acceptors (Lipinski definition) is 3. The predicted octanol–water partition coefficient (Wildman–Crippen LogP) is 3.49. The Labute approximate surface area is 104 Å². The zero-order chi connectivity index (χ0) is 10.8. The second-order valence-electron chi connectivity index (χ2n) is 3.15. The van der Waals surface area contributed by atoms with Gasteiger partial charge in [0.1, 0.15) is 0 Å². The van der Waals surface area contributed by atoms with Gasteiger partial charge in [-0.25, -0.2) is 0 Å². The van der Waals surface area contributed by atoms with E-state index >= 15 is 0 Å². The number of aryl methyl sites for hydroxylation is 1. The molecule has 2 rings (SSSR count). The molecule has 78 valence electrons. The first-order valence-corrected chi connectivity index (χ1v) is 5.97. The number of halogens is 2. The van der Waals surface area contributed by atoms with Crippen molar-refractivity contribution < 1.29 is 4.52 Å². The topological polar surface area (TPSA) is 38.9 Å². The third kappa shape index (κ3) is 2.66. The van der Waals surface area contributed by atoms with Gasteiger partial charge in [-0.3, -0.25) is 0 Å². The number of rotatable bonds is 2. The van der Waals surface area contributed by atoms with Crippen LogP contribution in [0.5, 0.6) is 0 Å². The summed E-state index contributed by atoms with van der Waals surface area (Å²) in [6, 6.07) is 6.00. The predicted molar refractivity (Wildman–Crippen MR) is 63.7 cm³/mol. The quantitative estimate of drug-likeness (QED) is 0.845. The minimum absolute atomic E-state index is 0.631. The van der Waals surface area contributed by atoms with Crippen LogP contribution in [0.15, 0.2) is 31.7 Å². The minimum atomic E-state index is 0.631. The monoisotopic (exact) mass is 330 g/mol. The average Bonchev–Trinajstić information content (AvgIpc) is 2.58. The summed E-state index contributed by atoms with van der Waals surface area (Å²) in [6.45, 7) is 1.81. The maximum Gasteiger partial charge on any atom is 0.231 e. The van der Waals surface area contributed by atoms with Crippen molar-refractivity contribution in [3.63, 3.8) is 0 Å². The molecule has 0 atom stereocenters. The SMILES string of the molecule is Cc1noc(Cc2cc(Br)ccc2Br)n1. The average molecular weight is 332 g/mol. The highest BCUT2D eigenvalue weighted by molar-refractivity contribution is 9.11. The molecule has 3 nitrogen and oxygen atoms in total. The molecule has 15 heavy (non-hydrogen) atoms. The lowest BCUT2D eigenvalue weighted by Gasteiger charge is -2.01. The Bertz CT molecular complexity index is 482. The van der Waals surface area contributed by atoms with Crippen molar-refractivity contribution in [3.05, 3.63) is 44.4 Å². The fourth-order valence-electron chi connectivity index (χ4n) is 1.25. The summed E-state index contributed by atoms with van der Waals surface area (Å²) < 4.78 is 7.15. The van der Waals surface area contributed by atoms with Crippen LogP contribution in [0.25, 0.3) is 0 Å². The molecule has 0 saturated carbocycles. The molecule has 1 aromatic heterocycles. The van der Waals surface area contributed by atoms with Crippen molar-refractivity contribution in [1.82, 2.24) is 10.1 Å². The van der Waals surface area contributed by atoms with Gasteiger partial charge in [0, 0.05) is 8.95 Å². The van der Waals surface area contributed by atoms with Gasteiger partial charge in [0.05, 0.1) is 6.42 Å². The first kappa shape index (κ1) is 10.8. The fraction of sp³-hybridized carbons (Fsp3) is 0.200. The van der Waals surface area contributed by atoms with Crippen LogP contribution in [0, 0.1) is 6.92 Å². The van der Waals surface area contributed by atoms with Crippen molar-refractivity contribution in [2.45, 2.75) is 13.3 Å². The number of benzene rings is 1. The maximum absolute atomic E-state index is 5.07. The van der Waals surface area contributed by atoms with E-state index in [0.717, 1.165) is 14.5 Å². The van der Waals surface area contributed by atoms with E-state index in [1.54, 1.807) is 0 Å². The Morgan fingerprint density at radius 1 is 1.33 bits per heavy atom. The molecule has 0 radical (unpaired) electrons. The van der Waals surface area contributed by atoms with Crippen molar-refractivity contribution in [2.24, 2.45) is 0 Å². The second-order valence-corrected chi connectivity index (χ2v) is 4.92. The van der Waals surface area contributed by atoms with Gasteiger partial charge < -0.3 is 4.52 Å². The number of aromatic nitrogens is 2. The molecule has 0 aliphatic heterocycles. The van der Waals surface area contributed by atoms with Crippen LogP contribution in [0.2, 0.25) is 0 Å². The summed E-state index contributed by atoms with van der Waals surface area (Å²) in [5.41, 5.74) is 1.12. The molecule has 0 fully saturated rings. The summed E-state index contributed by atoms with van der Waals surface area (Å²) in [7, 11) is 0. The van der Waals surface area contributed by atoms with Gasteiger partial charge in [-0.2, -0.15) is 4.98 Å². The highest BCUT2D eigenvalue weighted by Gasteiger charge is 2.07. The van der Waals surface area contributed by atoms with Crippen LogP contribution in [-0.2, 0) is 6.42 Å². The highest BCUT2D eigenvalue weighted by Crippen LogP contribution is 2.23. The van der Waals surface area contributed by atoms with Gasteiger partial charge in [0.2, 0.25) is 5.89 Å². The first-order valence-electron chi connectivity index (χ1n) is 4.38. The standard InChI is InChI=1S/C10H8Br2N2O/c1-6-13-10(15-14-6)5-7-4-8(11)2-3-9(7)12/h2-4H,5H2,1H3. The van der Waals surface area contributed by atoms with Crippen molar-refractivity contribution >= 4 is 31.9 Å². The van der Waals surface area contributed by atoms with Crippen LogP contribution >= 0.6 is 31.9 Å². The van der Waals surface area contributed by atoms with Gasteiger partial charge in [0.25, 0.3) is 0 Å². The Balaban J connectivity index is 2.27. The summed E-state index contributed by atoms with van der Waals surface area (Å²) in [6.07, 6.45) is 0.640. The minimum Gasteiger partial charge on any atom is -0.339 e. The van der Waals surface area contributed by atoms with E-state index in [-0.39, 0.29) is 0 Å². The molecule has 0 saturated heterocycles. The zero-order valence-corrected chi connectivity index (χ0v) is 11.2. The maximum atomic E-state index is 5.07. The number of hydrogen-bond donors (Lipinski definition) is 0. The molecule has 0 bridgehead atoms. The van der Waals surface area contributed by atoms with Crippen molar-refractivity contribution in [3.8, 4) is 0 Å². The van der Waals surface area contributed by atoms with Crippen molar-refractivity contribution in [2.75, 3.05) is 0 Å². The van der Waals surface area contributed by atoms with Gasteiger partial charge in [-0.15, -0.1) is 0 Å². The van der Waals surface area contributed by atoms with Gasteiger partial charge in [0.15, 0.2) is 5.82 Å². The van der Waals surface area contributed by atoms with Gasteiger partial charge in [-0.1, -0.05) is 37.0 Å². The first-order chi connectivity index (χ1) is 7.15. The van der Waals surface area contributed by atoms with E-state index in [2.05, 4.69) is 42.0 Å². The summed E-state index contributed by atoms with van der Waals surface area (Å²) in [5.74, 6) is 1.29. The van der Waals surface area contributed by atoms with E-state index < -0.39 is 0 Å². The summed E-state index contributed by atoms with van der Waals surface area (Å²) >= 11 is 6.91. The van der Waals surface area contributed by atoms with Crippen LogP contribution in [-0.4, -0.2) is 10.1 Å². The number of nitrogens with zero attached hydrogens (tertiary/aromatic N) is 2. The van der Waals surface area contributed by atoms with E-state index in [1.165, 1.54) is 0 Å². The smallest absolute Gasteiger partial charge is 0.231 e. The molecule has 2 aromatic rings. The molecule has 0 amide bonds. The molecule has 1 aromatic carbocycles. The molecule has 0 N–H and O–H groups in total. The van der Waals surface area contributed by atoms with E-state index in [0.29, 0.717) is 18.1 Å². The fourth-order valence-corrected chi connectivity index (χ4v) is 2.05. The molecular weight excluding hydrogens is 324 g/mol. The Hall–Kier alpha value is -0.680. The Morgan fingerprint density at radius 2 is 2.13 bits per heavy atom. The van der Waals surface area contributed by atoms with Gasteiger partial charge in [-0.05, 0) is 30.7 Å². The summed E-state index contributed by atoms with van der Waals surface area (Å²) in [4.78, 5) is 4.16. The lowest BCUT2D eigenvalue weighted by Crippen LogP contribution is -1.90. The zero-order valence-electron chi connectivity index (χ0n) is 8.00. The molecule has 1 heterocycles. The molecule has 0 aliphatic carbocycles. The normalized spacial score (nSPS) is 10.6. The summed E-state index contributed by atoms with van der Waals surface area (Å²) in [5, 5.41) is 3.75. The largest absolute Gasteiger partial charge is 0.339 e. The third-order valence-electron chi connectivity index (χ3n) is 1.92. The molecular formula is C10H8Br2N2O. The second kappa shape index (κ2) is 4.45. The van der Waals surface area contributed by atoms with Crippen LogP contribution in [0.4, 0.5) is 0 Å². The third-order valence-corrected chi connectivity index (χ3v) is 3.19. The van der Waals surface area contributed by atoms with Crippen LogP contribution in [0.1, 0.15) is 17.3 Å². The van der Waals surface area contributed by atoms with E-state index in [1.807, 2.05) is 25.1 Å². The highest BCUT2D eigenvalue weighted by atomic mass is 79.9. The van der Waals surface area contributed by atoms with E-state index in [4.69, 9.17) is 4.52 Å². The molecule has 5 heteroatoms. The Kier molecular flexibility index (Phi) is 3.21. The molecule has 0 aliphatic rings. The van der Waals surface area contributed by atoms with Crippen LogP contribution in [0.3, 0.4) is 0 Å². The molecule has 0 spiro atoms. The lowest BCUT2D eigenvalue weighted by atomic mass is 10.1. The Morgan fingerprint density at radius 3 is 2.80 bits per heavy atom. The van der Waals surface area contributed by atoms with Crippen molar-refractivity contribution in [1.29, 1.82) is 0 Å². The van der Waals surface area contributed by atoms with Crippen LogP contribution < -0.4 is 0 Å². The van der Waals surface area contributed by atoms with Gasteiger partial charge >= 0.3 is 0 Å².